The van der Waals surface area contributed by atoms with Crippen LogP contribution in [-0.2, 0) is 11.2 Å². The Hall–Kier alpha value is -1.81. The molecule has 4 heteroatoms. The van der Waals surface area contributed by atoms with Crippen molar-refractivity contribution < 1.29 is 14.6 Å². The van der Waals surface area contributed by atoms with Gasteiger partial charge in [0, 0.05) is 16.9 Å². The number of benzene rings is 1. The second-order valence-corrected chi connectivity index (χ2v) is 5.28. The zero-order valence-corrected chi connectivity index (χ0v) is 11.8. The van der Waals surface area contributed by atoms with Crippen LogP contribution in [0.3, 0.4) is 0 Å². The largest absolute Gasteiger partial charge is 0.496 e. The third-order valence-corrected chi connectivity index (χ3v) is 4.05. The van der Waals surface area contributed by atoms with Gasteiger partial charge in [-0.05, 0) is 48.1 Å². The van der Waals surface area contributed by atoms with Crippen molar-refractivity contribution in [2.45, 2.75) is 19.8 Å². The fourth-order valence-electron chi connectivity index (χ4n) is 1.99. The Labute approximate surface area is 116 Å². The minimum absolute atomic E-state index is 0.148. The Morgan fingerprint density at radius 3 is 2.74 bits per heavy atom. The van der Waals surface area contributed by atoms with E-state index in [2.05, 4.69) is 13.0 Å². The molecule has 0 radical (unpaired) electrons. The molecule has 1 aromatic carbocycles. The van der Waals surface area contributed by atoms with Crippen LogP contribution in [0.5, 0.6) is 5.75 Å². The maximum Gasteiger partial charge on any atom is 0.303 e. The number of aliphatic carboxylic acids is 1. The van der Waals surface area contributed by atoms with E-state index in [0.717, 1.165) is 16.9 Å². The smallest absolute Gasteiger partial charge is 0.303 e. The maximum atomic E-state index is 10.6. The molecule has 1 aromatic heterocycles. The highest BCUT2D eigenvalue weighted by Gasteiger charge is 2.11. The number of aryl methyl sites for hydroxylation is 2. The molecule has 2 aromatic rings. The first-order valence-electron chi connectivity index (χ1n) is 6.05. The van der Waals surface area contributed by atoms with Crippen molar-refractivity contribution in [2.75, 3.05) is 7.11 Å². The van der Waals surface area contributed by atoms with E-state index >= 15 is 0 Å². The van der Waals surface area contributed by atoms with Crippen molar-refractivity contribution in [3.05, 3.63) is 40.8 Å². The molecule has 0 saturated heterocycles. The zero-order valence-electron chi connectivity index (χ0n) is 11.0. The minimum atomic E-state index is -0.773. The molecule has 2 rings (SSSR count). The molecule has 0 amide bonds. The molecule has 0 atom stereocenters. The lowest BCUT2D eigenvalue weighted by molar-refractivity contribution is -0.136. The predicted octanol–water partition coefficient (Wildman–Crippen LogP) is 3.75. The van der Waals surface area contributed by atoms with Gasteiger partial charge in [0.15, 0.2) is 0 Å². The number of rotatable bonds is 5. The Kier molecular flexibility index (Phi) is 4.22. The molecule has 0 aliphatic heterocycles. The summed E-state index contributed by atoms with van der Waals surface area (Å²) in [4.78, 5) is 11.8. The highest BCUT2D eigenvalue weighted by molar-refractivity contribution is 7.13. The summed E-state index contributed by atoms with van der Waals surface area (Å²) in [7, 11) is 1.65. The molecule has 1 heterocycles. The fraction of sp³-hybridized carbons (Fsp3) is 0.267. The first-order valence-corrected chi connectivity index (χ1v) is 6.93. The SMILES string of the molecule is COc1ccc(CCC(=O)O)cc1-c1sccc1C. The topological polar surface area (TPSA) is 46.5 Å². The Balaban J connectivity index is 2.37. The third-order valence-electron chi connectivity index (χ3n) is 3.00. The Morgan fingerprint density at radius 1 is 1.37 bits per heavy atom. The third kappa shape index (κ3) is 3.15. The van der Waals surface area contributed by atoms with Gasteiger partial charge in [-0.2, -0.15) is 0 Å². The van der Waals surface area contributed by atoms with Crippen LogP contribution in [0.1, 0.15) is 17.5 Å². The van der Waals surface area contributed by atoms with Gasteiger partial charge in [0.25, 0.3) is 0 Å². The lowest BCUT2D eigenvalue weighted by Crippen LogP contribution is -1.98. The monoisotopic (exact) mass is 276 g/mol. The Morgan fingerprint density at radius 2 is 2.16 bits per heavy atom. The Bertz CT molecular complexity index is 587. The quantitative estimate of drug-likeness (QED) is 0.904. The van der Waals surface area contributed by atoms with Crippen LogP contribution in [0.15, 0.2) is 29.6 Å². The van der Waals surface area contributed by atoms with Crippen LogP contribution in [-0.4, -0.2) is 18.2 Å². The van der Waals surface area contributed by atoms with Crippen LogP contribution >= 0.6 is 11.3 Å². The minimum Gasteiger partial charge on any atom is -0.496 e. The van der Waals surface area contributed by atoms with E-state index in [0.29, 0.717) is 6.42 Å². The summed E-state index contributed by atoms with van der Waals surface area (Å²) in [6, 6.07) is 7.93. The average Bonchev–Trinajstić information content (AvgIpc) is 2.82. The molecule has 1 N–H and O–H groups in total. The number of thiophene rings is 1. The van der Waals surface area contributed by atoms with Gasteiger partial charge in [0.05, 0.1) is 7.11 Å². The summed E-state index contributed by atoms with van der Waals surface area (Å²) >= 11 is 1.67. The van der Waals surface area contributed by atoms with E-state index in [1.54, 1.807) is 18.4 Å². The second kappa shape index (κ2) is 5.89. The van der Waals surface area contributed by atoms with E-state index in [1.807, 2.05) is 23.6 Å². The van der Waals surface area contributed by atoms with Gasteiger partial charge in [0.2, 0.25) is 0 Å². The van der Waals surface area contributed by atoms with Crippen LogP contribution in [0, 0.1) is 6.92 Å². The molecule has 0 saturated carbocycles. The number of hydrogen-bond acceptors (Lipinski definition) is 3. The van der Waals surface area contributed by atoms with Crippen molar-refractivity contribution in [3.63, 3.8) is 0 Å². The summed E-state index contributed by atoms with van der Waals surface area (Å²) in [5.41, 5.74) is 3.27. The van der Waals surface area contributed by atoms with Crippen molar-refractivity contribution in [1.29, 1.82) is 0 Å². The summed E-state index contributed by atoms with van der Waals surface area (Å²) in [6.07, 6.45) is 0.686. The predicted molar refractivity (Wildman–Crippen MR) is 77.0 cm³/mol. The molecule has 19 heavy (non-hydrogen) atoms. The zero-order chi connectivity index (χ0) is 13.8. The molecule has 0 spiro atoms. The van der Waals surface area contributed by atoms with Gasteiger partial charge < -0.3 is 9.84 Å². The molecule has 0 aliphatic carbocycles. The summed E-state index contributed by atoms with van der Waals surface area (Å²) in [5.74, 6) is 0.0503. The molecule has 0 fully saturated rings. The number of ether oxygens (including phenoxy) is 1. The number of carboxylic acids is 1. The summed E-state index contributed by atoms with van der Waals surface area (Å²) in [5, 5.41) is 10.8. The van der Waals surface area contributed by atoms with Crippen LogP contribution in [0.2, 0.25) is 0 Å². The normalized spacial score (nSPS) is 10.4. The molecular weight excluding hydrogens is 260 g/mol. The molecule has 0 unspecified atom stereocenters. The standard InChI is InChI=1S/C15H16O3S/c1-10-7-8-19-15(10)12-9-11(4-6-14(16)17)3-5-13(12)18-2/h3,5,7-9H,4,6H2,1-2H3,(H,16,17). The second-order valence-electron chi connectivity index (χ2n) is 4.36. The van der Waals surface area contributed by atoms with Crippen LogP contribution in [0.4, 0.5) is 0 Å². The van der Waals surface area contributed by atoms with Gasteiger partial charge in [0.1, 0.15) is 5.75 Å². The van der Waals surface area contributed by atoms with Crippen LogP contribution in [0.25, 0.3) is 10.4 Å². The van der Waals surface area contributed by atoms with Gasteiger partial charge in [-0.25, -0.2) is 0 Å². The number of hydrogen-bond donors (Lipinski definition) is 1. The molecule has 0 aliphatic rings. The van der Waals surface area contributed by atoms with Crippen molar-refractivity contribution in [1.82, 2.24) is 0 Å². The van der Waals surface area contributed by atoms with Gasteiger partial charge in [-0.15, -0.1) is 11.3 Å². The first-order chi connectivity index (χ1) is 9.11. The molecule has 100 valence electrons. The van der Waals surface area contributed by atoms with E-state index in [9.17, 15) is 4.79 Å². The lowest BCUT2D eigenvalue weighted by Gasteiger charge is -2.10. The van der Waals surface area contributed by atoms with Gasteiger partial charge >= 0.3 is 5.97 Å². The molecule has 0 bridgehead atoms. The maximum absolute atomic E-state index is 10.6. The lowest BCUT2D eigenvalue weighted by atomic mass is 10.0. The molecular formula is C15H16O3S. The fourth-order valence-corrected chi connectivity index (χ4v) is 2.94. The highest BCUT2D eigenvalue weighted by atomic mass is 32.1. The van der Waals surface area contributed by atoms with E-state index in [4.69, 9.17) is 9.84 Å². The van der Waals surface area contributed by atoms with Gasteiger partial charge in [-0.3, -0.25) is 4.79 Å². The summed E-state index contributed by atoms with van der Waals surface area (Å²) in [6.45, 7) is 2.06. The van der Waals surface area contributed by atoms with E-state index in [-0.39, 0.29) is 6.42 Å². The number of carboxylic acid groups (broad SMARTS) is 1. The van der Waals surface area contributed by atoms with Crippen molar-refractivity contribution >= 4 is 17.3 Å². The van der Waals surface area contributed by atoms with Crippen molar-refractivity contribution in [3.8, 4) is 16.2 Å². The van der Waals surface area contributed by atoms with E-state index in [1.165, 1.54) is 10.4 Å². The van der Waals surface area contributed by atoms with Crippen LogP contribution < -0.4 is 4.74 Å². The van der Waals surface area contributed by atoms with Crippen molar-refractivity contribution in [2.24, 2.45) is 0 Å². The number of methoxy groups -OCH3 is 1. The molecule has 3 nitrogen and oxygen atoms in total. The first kappa shape index (κ1) is 13.6. The average molecular weight is 276 g/mol. The summed E-state index contributed by atoms with van der Waals surface area (Å²) < 4.78 is 5.40. The van der Waals surface area contributed by atoms with Gasteiger partial charge in [-0.1, -0.05) is 6.07 Å². The number of carbonyl (C=O) groups is 1. The van der Waals surface area contributed by atoms with E-state index < -0.39 is 5.97 Å². The highest BCUT2D eigenvalue weighted by Crippen LogP contribution is 2.36.